The molecule has 7 nitrogen and oxygen atoms in total. The van der Waals surface area contributed by atoms with E-state index in [-0.39, 0.29) is 5.88 Å². The van der Waals surface area contributed by atoms with E-state index in [0.717, 1.165) is 55.5 Å². The monoisotopic (exact) mass is 545 g/mol. The van der Waals surface area contributed by atoms with Crippen LogP contribution in [0.25, 0.3) is 32.8 Å². The van der Waals surface area contributed by atoms with Crippen molar-refractivity contribution in [3.63, 3.8) is 0 Å². The molecule has 2 heterocycles. The van der Waals surface area contributed by atoms with E-state index in [0.29, 0.717) is 26.0 Å². The molecule has 0 spiro atoms. The average Bonchev–Trinajstić information content (AvgIpc) is 3.46. The minimum atomic E-state index is -1.35. The maximum atomic E-state index is 11.6. The van der Waals surface area contributed by atoms with Crippen LogP contribution in [0.3, 0.4) is 0 Å². The number of aromatic nitrogens is 3. The summed E-state index contributed by atoms with van der Waals surface area (Å²) in [6.45, 7) is 5.23. The molecule has 6 rings (SSSR count). The molecule has 6 aromatic rings. The van der Waals surface area contributed by atoms with Crippen LogP contribution in [0.4, 0.5) is 4.79 Å². The van der Waals surface area contributed by atoms with Gasteiger partial charge in [-0.3, -0.25) is 4.68 Å². The molecule has 4 aromatic carbocycles. The van der Waals surface area contributed by atoms with Gasteiger partial charge in [0.2, 0.25) is 5.88 Å². The summed E-state index contributed by atoms with van der Waals surface area (Å²) in [4.78, 5) is 14.9. The van der Waals surface area contributed by atoms with Crippen LogP contribution in [0.1, 0.15) is 28.9 Å². The summed E-state index contributed by atoms with van der Waals surface area (Å²) in [5.41, 5.74) is 6.76. The van der Waals surface area contributed by atoms with Crippen LogP contribution in [0.15, 0.2) is 91.0 Å². The Morgan fingerprint density at radius 2 is 1.63 bits per heavy atom. The zero-order valence-electron chi connectivity index (χ0n) is 23.1. The topological polar surface area (TPSA) is 89.4 Å². The summed E-state index contributed by atoms with van der Waals surface area (Å²) in [7, 11) is 0. The molecule has 2 aromatic heterocycles. The van der Waals surface area contributed by atoms with Gasteiger partial charge in [0.1, 0.15) is 5.75 Å². The van der Waals surface area contributed by atoms with Crippen LogP contribution in [-0.2, 0) is 13.0 Å². The second kappa shape index (κ2) is 11.2. The lowest BCUT2D eigenvalue weighted by Gasteiger charge is -2.10. The molecular formula is C34H31N3O4. The number of nitrogens with one attached hydrogen (secondary N) is 1. The minimum absolute atomic E-state index is 0.247. The lowest BCUT2D eigenvalue weighted by atomic mass is 9.99. The number of hydrogen-bond donors (Lipinski definition) is 2. The number of aryl methyl sites for hydroxylation is 2. The van der Waals surface area contributed by atoms with E-state index in [2.05, 4.69) is 42.2 Å². The maximum Gasteiger partial charge on any atom is 0.512 e. The number of benzene rings is 4. The zero-order valence-corrected chi connectivity index (χ0v) is 23.1. The van der Waals surface area contributed by atoms with E-state index in [1.165, 1.54) is 5.56 Å². The molecule has 0 aliphatic heterocycles. The summed E-state index contributed by atoms with van der Waals surface area (Å²) >= 11 is 0. The van der Waals surface area contributed by atoms with Crippen LogP contribution >= 0.6 is 0 Å². The fourth-order valence-electron chi connectivity index (χ4n) is 5.63. The number of hydrogen-bond acceptors (Lipinski definition) is 4. The number of rotatable bonds is 9. The Bertz CT molecular complexity index is 1850. The summed E-state index contributed by atoms with van der Waals surface area (Å²) < 4.78 is 13.4. The quantitative estimate of drug-likeness (QED) is 0.142. The van der Waals surface area contributed by atoms with Gasteiger partial charge in [0.15, 0.2) is 0 Å². The Balaban J connectivity index is 1.29. The number of aromatic amines is 1. The first-order valence-corrected chi connectivity index (χ1v) is 13.7. The third-order valence-electron chi connectivity index (χ3n) is 7.50. The van der Waals surface area contributed by atoms with E-state index in [1.54, 1.807) is 0 Å². The van der Waals surface area contributed by atoms with Crippen LogP contribution in [-0.4, -0.2) is 32.6 Å². The van der Waals surface area contributed by atoms with Gasteiger partial charge in [-0.25, -0.2) is 4.79 Å². The van der Waals surface area contributed by atoms with Gasteiger partial charge < -0.3 is 19.6 Å². The number of para-hydroxylation sites is 1. The smallest absolute Gasteiger partial charge is 0.493 e. The van der Waals surface area contributed by atoms with Crippen molar-refractivity contribution in [3.05, 3.63) is 114 Å². The Morgan fingerprint density at radius 1 is 0.902 bits per heavy atom. The molecule has 0 bridgehead atoms. The van der Waals surface area contributed by atoms with Crippen molar-refractivity contribution in [3.8, 4) is 22.8 Å². The predicted molar refractivity (Wildman–Crippen MR) is 161 cm³/mol. The van der Waals surface area contributed by atoms with Crippen molar-refractivity contribution >= 4 is 27.8 Å². The molecular weight excluding hydrogens is 514 g/mol. The maximum absolute atomic E-state index is 11.6. The van der Waals surface area contributed by atoms with Gasteiger partial charge in [-0.1, -0.05) is 84.9 Å². The molecule has 0 atom stereocenters. The second-order valence-corrected chi connectivity index (χ2v) is 10.1. The second-order valence-electron chi connectivity index (χ2n) is 10.1. The summed E-state index contributed by atoms with van der Waals surface area (Å²) in [5.74, 6) is 1.09. The van der Waals surface area contributed by atoms with Crippen LogP contribution in [0.5, 0.6) is 11.6 Å². The highest BCUT2D eigenvalue weighted by atomic mass is 16.7. The number of nitrogens with zero attached hydrogens (tertiary/aromatic N) is 2. The van der Waals surface area contributed by atoms with Crippen molar-refractivity contribution in [2.24, 2.45) is 0 Å². The van der Waals surface area contributed by atoms with Gasteiger partial charge >= 0.3 is 6.16 Å². The molecule has 0 unspecified atom stereocenters. The van der Waals surface area contributed by atoms with Gasteiger partial charge in [0.25, 0.3) is 0 Å². The van der Waals surface area contributed by atoms with Crippen LogP contribution in [0, 0.1) is 13.8 Å². The Kier molecular flexibility index (Phi) is 7.17. The number of ether oxygens (including phenoxy) is 2. The summed E-state index contributed by atoms with van der Waals surface area (Å²) in [6, 6.07) is 30.5. The molecule has 0 fully saturated rings. The number of carboxylic acid groups (broad SMARTS) is 1. The highest BCUT2D eigenvalue weighted by molar-refractivity contribution is 5.99. The van der Waals surface area contributed by atoms with Gasteiger partial charge in [-0.2, -0.15) is 5.10 Å². The molecule has 7 heteroatoms. The first kappa shape index (κ1) is 26.2. The van der Waals surface area contributed by atoms with E-state index < -0.39 is 6.16 Å². The highest BCUT2D eigenvalue weighted by Gasteiger charge is 2.21. The molecule has 0 amide bonds. The molecule has 0 aliphatic carbocycles. The van der Waals surface area contributed by atoms with Crippen LogP contribution in [0.2, 0.25) is 0 Å². The SMILES string of the molecule is Cc1nn(Cc2ccccc2)c(C)c1-c1cccc2c(CCCOc3cccc4ccccc34)c(OC(=O)O)[nH]c12. The highest BCUT2D eigenvalue weighted by Crippen LogP contribution is 2.38. The van der Waals surface area contributed by atoms with Crippen molar-refractivity contribution < 1.29 is 19.4 Å². The number of carbonyl (C=O) groups is 1. The lowest BCUT2D eigenvalue weighted by molar-refractivity contribution is 0.142. The first-order valence-electron chi connectivity index (χ1n) is 13.7. The van der Waals surface area contributed by atoms with Crippen molar-refractivity contribution in [2.45, 2.75) is 33.2 Å². The fraction of sp³-hybridized carbons (Fsp3) is 0.176. The standard InChI is InChI=1S/C34H31N3O4/c1-22-31(23(2)37(36-22)21-24-11-4-3-5-12-24)29-17-9-16-27-28(33(35-32(27)29)41-34(38)39)18-10-20-40-30-19-8-14-25-13-6-7-15-26(25)30/h3-9,11-17,19,35H,10,18,20-21H2,1-2H3,(H,38,39). The predicted octanol–water partition coefficient (Wildman–Crippen LogP) is 7.92. The largest absolute Gasteiger partial charge is 0.512 e. The van der Waals surface area contributed by atoms with Crippen molar-refractivity contribution in [2.75, 3.05) is 6.61 Å². The molecule has 206 valence electrons. The molecule has 0 saturated heterocycles. The third-order valence-corrected chi connectivity index (χ3v) is 7.50. The Hall–Kier alpha value is -5.04. The first-order chi connectivity index (χ1) is 20.0. The molecule has 2 N–H and O–H groups in total. The van der Waals surface area contributed by atoms with Crippen LogP contribution < -0.4 is 9.47 Å². The number of fused-ring (bicyclic) bond motifs is 2. The van der Waals surface area contributed by atoms with Crippen molar-refractivity contribution in [1.29, 1.82) is 0 Å². The number of H-pyrrole nitrogens is 1. The lowest BCUT2D eigenvalue weighted by Crippen LogP contribution is -2.06. The molecule has 0 saturated carbocycles. The fourth-order valence-corrected chi connectivity index (χ4v) is 5.63. The van der Waals surface area contributed by atoms with Gasteiger partial charge in [-0.15, -0.1) is 0 Å². The van der Waals surface area contributed by atoms with Gasteiger partial charge in [-0.05, 0) is 43.7 Å². The van der Waals surface area contributed by atoms with Gasteiger partial charge in [0.05, 0.1) is 24.4 Å². The minimum Gasteiger partial charge on any atom is -0.493 e. The molecule has 0 aliphatic rings. The summed E-state index contributed by atoms with van der Waals surface area (Å²) in [6.07, 6.45) is -0.0830. The van der Waals surface area contributed by atoms with E-state index in [9.17, 15) is 9.90 Å². The van der Waals surface area contributed by atoms with E-state index in [4.69, 9.17) is 14.6 Å². The Morgan fingerprint density at radius 3 is 2.46 bits per heavy atom. The third kappa shape index (κ3) is 5.26. The zero-order chi connectivity index (χ0) is 28.3. The van der Waals surface area contributed by atoms with E-state index in [1.807, 2.05) is 72.3 Å². The van der Waals surface area contributed by atoms with Gasteiger partial charge in [0, 0.05) is 33.2 Å². The normalized spacial score (nSPS) is 11.3. The average molecular weight is 546 g/mol. The van der Waals surface area contributed by atoms with E-state index >= 15 is 0 Å². The summed E-state index contributed by atoms with van der Waals surface area (Å²) in [5, 5.41) is 17.4. The molecule has 0 radical (unpaired) electrons. The Labute approximate surface area is 238 Å². The van der Waals surface area contributed by atoms with Crippen molar-refractivity contribution in [1.82, 2.24) is 14.8 Å². The molecule has 41 heavy (non-hydrogen) atoms.